The zero-order valence-electron chi connectivity index (χ0n) is 7.15. The van der Waals surface area contributed by atoms with Crippen LogP contribution in [0.25, 0.3) is 0 Å². The second kappa shape index (κ2) is 10.8. The fraction of sp³-hybridized carbons (Fsp3) is 1.00. The molecule has 0 aromatic carbocycles. The van der Waals surface area contributed by atoms with Gasteiger partial charge in [0.1, 0.15) is 0 Å². The maximum atomic E-state index is 5.26. The standard InChI is InChI=1S/C5H14N2.C2H6/c1-3-7(2)5-4-6;1-2/h3-6H2,1-2H3;1-2H3. The predicted octanol–water partition coefficient (Wildman–Crippen LogP) is 0.923. The minimum absolute atomic E-state index is 0.768. The van der Waals surface area contributed by atoms with Gasteiger partial charge in [0.2, 0.25) is 0 Å². The molecule has 0 bridgehead atoms. The third-order valence-corrected chi connectivity index (χ3v) is 1.05. The Morgan fingerprint density at radius 3 is 1.89 bits per heavy atom. The van der Waals surface area contributed by atoms with Gasteiger partial charge in [-0.25, -0.2) is 0 Å². The van der Waals surface area contributed by atoms with E-state index in [4.69, 9.17) is 5.73 Å². The van der Waals surface area contributed by atoms with Gasteiger partial charge < -0.3 is 10.6 Å². The largest absolute Gasteiger partial charge is 0.329 e. The molecule has 0 heterocycles. The van der Waals surface area contributed by atoms with Crippen LogP contribution < -0.4 is 5.73 Å². The molecule has 9 heavy (non-hydrogen) atoms. The number of nitrogens with two attached hydrogens (primary N) is 1. The topological polar surface area (TPSA) is 29.3 Å². The zero-order valence-corrected chi connectivity index (χ0v) is 7.15. The van der Waals surface area contributed by atoms with Crippen molar-refractivity contribution < 1.29 is 0 Å². The first-order chi connectivity index (χ1) is 4.31. The lowest BCUT2D eigenvalue weighted by atomic mass is 10.5. The summed E-state index contributed by atoms with van der Waals surface area (Å²) in [6.45, 7) is 8.99. The molecule has 58 valence electrons. The molecule has 0 unspecified atom stereocenters. The third kappa shape index (κ3) is 11.5. The second-order valence-corrected chi connectivity index (χ2v) is 1.68. The number of hydrogen-bond acceptors (Lipinski definition) is 2. The molecule has 0 aliphatic heterocycles. The quantitative estimate of drug-likeness (QED) is 0.619. The van der Waals surface area contributed by atoms with Gasteiger partial charge in [0, 0.05) is 13.1 Å². The first-order valence-corrected chi connectivity index (χ1v) is 3.70. The third-order valence-electron chi connectivity index (χ3n) is 1.05. The summed E-state index contributed by atoms with van der Waals surface area (Å²) < 4.78 is 0. The average molecular weight is 132 g/mol. The van der Waals surface area contributed by atoms with Gasteiger partial charge in [-0.2, -0.15) is 0 Å². The van der Waals surface area contributed by atoms with Gasteiger partial charge in [0.15, 0.2) is 0 Å². The van der Waals surface area contributed by atoms with Crippen LogP contribution in [-0.4, -0.2) is 31.6 Å². The van der Waals surface area contributed by atoms with Gasteiger partial charge in [0.05, 0.1) is 0 Å². The molecule has 0 atom stereocenters. The zero-order chi connectivity index (χ0) is 7.70. The van der Waals surface area contributed by atoms with Crippen LogP contribution in [0.1, 0.15) is 20.8 Å². The summed E-state index contributed by atoms with van der Waals surface area (Å²) in [4.78, 5) is 2.18. The summed E-state index contributed by atoms with van der Waals surface area (Å²) in [6, 6.07) is 0. The molecular formula is C7H20N2. The van der Waals surface area contributed by atoms with Gasteiger partial charge >= 0.3 is 0 Å². The normalized spacial score (nSPS) is 8.67. The molecule has 0 aromatic heterocycles. The molecule has 2 heteroatoms. The molecular weight excluding hydrogens is 112 g/mol. The van der Waals surface area contributed by atoms with Crippen molar-refractivity contribution in [3.05, 3.63) is 0 Å². The summed E-state index contributed by atoms with van der Waals surface area (Å²) in [7, 11) is 2.06. The fourth-order valence-corrected chi connectivity index (χ4v) is 0.379. The molecule has 0 aliphatic rings. The van der Waals surface area contributed by atoms with E-state index >= 15 is 0 Å². The minimum atomic E-state index is 0.768. The van der Waals surface area contributed by atoms with Crippen molar-refractivity contribution >= 4 is 0 Å². The summed E-state index contributed by atoms with van der Waals surface area (Å²) in [5.74, 6) is 0. The number of nitrogens with zero attached hydrogens (tertiary/aromatic N) is 1. The lowest BCUT2D eigenvalue weighted by Crippen LogP contribution is -2.24. The Morgan fingerprint density at radius 2 is 1.78 bits per heavy atom. The van der Waals surface area contributed by atoms with E-state index in [9.17, 15) is 0 Å². The number of likely N-dealkylation sites (N-methyl/N-ethyl adjacent to an activating group) is 1. The second-order valence-electron chi connectivity index (χ2n) is 1.68. The van der Waals surface area contributed by atoms with Crippen molar-refractivity contribution in [1.82, 2.24) is 4.90 Å². The SMILES string of the molecule is CC.CCN(C)CCN. The van der Waals surface area contributed by atoms with Crippen molar-refractivity contribution in [3.63, 3.8) is 0 Å². The van der Waals surface area contributed by atoms with Gasteiger partial charge in [-0.1, -0.05) is 20.8 Å². The molecule has 0 saturated carbocycles. The highest BCUT2D eigenvalue weighted by molar-refractivity contribution is 4.44. The van der Waals surface area contributed by atoms with E-state index in [0.29, 0.717) is 0 Å². The van der Waals surface area contributed by atoms with Gasteiger partial charge in [-0.15, -0.1) is 0 Å². The first-order valence-electron chi connectivity index (χ1n) is 3.70. The summed E-state index contributed by atoms with van der Waals surface area (Å²) >= 11 is 0. The molecule has 0 rings (SSSR count). The number of hydrogen-bond donors (Lipinski definition) is 1. The average Bonchev–Trinajstić information content (AvgIpc) is 1.93. The molecule has 0 aromatic rings. The monoisotopic (exact) mass is 132 g/mol. The van der Waals surface area contributed by atoms with Gasteiger partial charge in [-0.05, 0) is 13.6 Å². The summed E-state index contributed by atoms with van der Waals surface area (Å²) in [5.41, 5.74) is 5.26. The van der Waals surface area contributed by atoms with Crippen molar-refractivity contribution in [3.8, 4) is 0 Å². The van der Waals surface area contributed by atoms with Crippen molar-refractivity contribution in [1.29, 1.82) is 0 Å². The van der Waals surface area contributed by atoms with Crippen LogP contribution in [0.3, 0.4) is 0 Å². The molecule has 0 spiro atoms. The highest BCUT2D eigenvalue weighted by Gasteiger charge is 1.86. The smallest absolute Gasteiger partial charge is 0.0101 e. The van der Waals surface area contributed by atoms with E-state index in [1.807, 2.05) is 13.8 Å². The molecule has 0 aliphatic carbocycles. The van der Waals surface area contributed by atoms with Crippen LogP contribution in [0.5, 0.6) is 0 Å². The Kier molecular flexibility index (Phi) is 14.0. The van der Waals surface area contributed by atoms with Crippen LogP contribution in [-0.2, 0) is 0 Å². The highest BCUT2D eigenvalue weighted by atomic mass is 15.1. The van der Waals surface area contributed by atoms with Crippen LogP contribution in [0.2, 0.25) is 0 Å². The van der Waals surface area contributed by atoms with Crippen LogP contribution in [0.15, 0.2) is 0 Å². The molecule has 0 fully saturated rings. The van der Waals surface area contributed by atoms with E-state index in [1.165, 1.54) is 0 Å². The van der Waals surface area contributed by atoms with Crippen LogP contribution in [0, 0.1) is 0 Å². The first kappa shape index (κ1) is 11.7. The lowest BCUT2D eigenvalue weighted by Gasteiger charge is -2.10. The molecule has 2 N–H and O–H groups in total. The van der Waals surface area contributed by atoms with Crippen molar-refractivity contribution in [2.75, 3.05) is 26.7 Å². The van der Waals surface area contributed by atoms with Crippen molar-refractivity contribution in [2.45, 2.75) is 20.8 Å². The van der Waals surface area contributed by atoms with Gasteiger partial charge in [-0.3, -0.25) is 0 Å². The van der Waals surface area contributed by atoms with E-state index < -0.39 is 0 Å². The fourth-order valence-electron chi connectivity index (χ4n) is 0.379. The molecule has 0 amide bonds. The van der Waals surface area contributed by atoms with E-state index in [2.05, 4.69) is 18.9 Å². The Balaban J connectivity index is 0. The van der Waals surface area contributed by atoms with E-state index in [0.717, 1.165) is 19.6 Å². The Labute approximate surface area is 59.0 Å². The lowest BCUT2D eigenvalue weighted by molar-refractivity contribution is 0.363. The molecule has 2 nitrogen and oxygen atoms in total. The Hall–Kier alpha value is -0.0800. The van der Waals surface area contributed by atoms with Crippen LogP contribution in [0.4, 0.5) is 0 Å². The van der Waals surface area contributed by atoms with Gasteiger partial charge in [0.25, 0.3) is 0 Å². The molecule has 0 radical (unpaired) electrons. The van der Waals surface area contributed by atoms with Crippen LogP contribution >= 0.6 is 0 Å². The summed E-state index contributed by atoms with van der Waals surface area (Å²) in [5, 5.41) is 0. The Bertz CT molecular complexity index is 37.9. The maximum absolute atomic E-state index is 5.26. The summed E-state index contributed by atoms with van der Waals surface area (Å²) in [6.07, 6.45) is 0. The highest BCUT2D eigenvalue weighted by Crippen LogP contribution is 1.74. The molecule has 0 saturated heterocycles. The maximum Gasteiger partial charge on any atom is 0.0101 e. The predicted molar refractivity (Wildman–Crippen MR) is 43.6 cm³/mol. The van der Waals surface area contributed by atoms with E-state index in [-0.39, 0.29) is 0 Å². The van der Waals surface area contributed by atoms with E-state index in [1.54, 1.807) is 0 Å². The Morgan fingerprint density at radius 1 is 1.33 bits per heavy atom. The minimum Gasteiger partial charge on any atom is -0.329 e. The van der Waals surface area contributed by atoms with Crippen molar-refractivity contribution in [2.24, 2.45) is 5.73 Å². The number of rotatable bonds is 3.